The minimum Gasteiger partial charge on any atom is -0.334 e. The van der Waals surface area contributed by atoms with Gasteiger partial charge in [-0.1, -0.05) is 36.0 Å². The number of likely N-dealkylation sites (N-methyl/N-ethyl adjacent to an activating group) is 2. The molecule has 1 fully saturated rings. The zero-order valence-electron chi connectivity index (χ0n) is 13.5. The van der Waals surface area contributed by atoms with E-state index in [4.69, 9.17) is 23.2 Å². The van der Waals surface area contributed by atoms with Crippen LogP contribution < -0.4 is 0 Å². The summed E-state index contributed by atoms with van der Waals surface area (Å²) in [6.07, 6.45) is 4.62. The molecule has 0 N–H and O–H groups in total. The van der Waals surface area contributed by atoms with Crippen LogP contribution in [-0.4, -0.2) is 48.4 Å². The molecule has 0 saturated heterocycles. The van der Waals surface area contributed by atoms with Crippen molar-refractivity contribution >= 4 is 29.1 Å². The highest BCUT2D eigenvalue weighted by molar-refractivity contribution is 6.42. The molecule has 1 amide bonds. The largest absolute Gasteiger partial charge is 0.334 e. The van der Waals surface area contributed by atoms with Crippen molar-refractivity contribution in [3.05, 3.63) is 33.8 Å². The van der Waals surface area contributed by atoms with Gasteiger partial charge in [-0.25, -0.2) is 0 Å². The van der Waals surface area contributed by atoms with Crippen molar-refractivity contribution in [1.29, 1.82) is 0 Å². The molecular weight excluding hydrogens is 319 g/mol. The second kappa shape index (κ2) is 7.67. The number of amides is 1. The predicted molar refractivity (Wildman–Crippen MR) is 92.9 cm³/mol. The molecule has 0 aromatic heterocycles. The number of hydrogen-bond donors (Lipinski definition) is 0. The number of halogens is 2. The Morgan fingerprint density at radius 2 is 1.77 bits per heavy atom. The van der Waals surface area contributed by atoms with Gasteiger partial charge in [0.25, 0.3) is 5.91 Å². The fourth-order valence-electron chi connectivity index (χ4n) is 3.38. The monoisotopic (exact) mass is 342 g/mol. The van der Waals surface area contributed by atoms with Gasteiger partial charge >= 0.3 is 0 Å². The quantitative estimate of drug-likeness (QED) is 0.812. The van der Waals surface area contributed by atoms with Gasteiger partial charge in [-0.3, -0.25) is 4.79 Å². The van der Waals surface area contributed by atoms with Gasteiger partial charge in [-0.05, 0) is 52.1 Å². The summed E-state index contributed by atoms with van der Waals surface area (Å²) in [5, 5.41) is 0.904. The fraction of sp³-hybridized carbons (Fsp3) is 0.588. The van der Waals surface area contributed by atoms with Crippen molar-refractivity contribution in [1.82, 2.24) is 9.80 Å². The number of hydrogen-bond acceptors (Lipinski definition) is 2. The lowest BCUT2D eigenvalue weighted by molar-refractivity contribution is 0.0478. The Morgan fingerprint density at radius 1 is 1.14 bits per heavy atom. The smallest absolute Gasteiger partial charge is 0.254 e. The standard InChI is InChI=1S/C17H24Cl2N2O/c1-4-21(16-8-6-5-7-15(16)20(2)3)17(22)12-9-10-13(18)14(19)11-12/h9-11,15-16H,4-8H2,1-3H3/t15-,16-/m1/s1. The van der Waals surface area contributed by atoms with E-state index in [1.165, 1.54) is 12.8 Å². The summed E-state index contributed by atoms with van der Waals surface area (Å²) >= 11 is 12.0. The first kappa shape index (κ1) is 17.6. The van der Waals surface area contributed by atoms with Gasteiger partial charge in [-0.2, -0.15) is 0 Å². The third-order valence-electron chi connectivity index (χ3n) is 4.53. The van der Waals surface area contributed by atoms with Gasteiger partial charge < -0.3 is 9.80 Å². The van der Waals surface area contributed by atoms with Crippen LogP contribution in [0.1, 0.15) is 43.0 Å². The van der Waals surface area contributed by atoms with Crippen molar-refractivity contribution in [2.75, 3.05) is 20.6 Å². The van der Waals surface area contributed by atoms with Crippen molar-refractivity contribution in [2.45, 2.75) is 44.7 Å². The Labute approximate surface area is 143 Å². The molecule has 122 valence electrons. The molecule has 1 saturated carbocycles. The zero-order valence-corrected chi connectivity index (χ0v) is 15.0. The van der Waals surface area contributed by atoms with Crippen LogP contribution in [0.3, 0.4) is 0 Å². The van der Waals surface area contributed by atoms with E-state index in [9.17, 15) is 4.79 Å². The van der Waals surface area contributed by atoms with E-state index in [1.54, 1.807) is 18.2 Å². The fourth-order valence-corrected chi connectivity index (χ4v) is 3.68. The Balaban J connectivity index is 2.25. The van der Waals surface area contributed by atoms with Crippen LogP contribution in [0.15, 0.2) is 18.2 Å². The van der Waals surface area contributed by atoms with Crippen molar-refractivity contribution in [2.24, 2.45) is 0 Å². The average molecular weight is 343 g/mol. The van der Waals surface area contributed by atoms with Crippen molar-refractivity contribution < 1.29 is 4.79 Å². The van der Waals surface area contributed by atoms with Crippen LogP contribution in [0, 0.1) is 0 Å². The number of nitrogens with zero attached hydrogens (tertiary/aromatic N) is 2. The molecule has 1 aromatic carbocycles. The molecule has 1 aliphatic rings. The maximum absolute atomic E-state index is 12.9. The molecule has 5 heteroatoms. The molecule has 1 aromatic rings. The molecule has 0 heterocycles. The van der Waals surface area contributed by atoms with Gasteiger partial charge in [0, 0.05) is 24.2 Å². The molecule has 3 nitrogen and oxygen atoms in total. The Morgan fingerprint density at radius 3 is 2.32 bits per heavy atom. The SMILES string of the molecule is CCN(C(=O)c1ccc(Cl)c(Cl)c1)[C@@H]1CCCC[C@H]1N(C)C. The minimum absolute atomic E-state index is 0.0415. The molecule has 0 spiro atoms. The van der Waals surface area contributed by atoms with Crippen molar-refractivity contribution in [3.63, 3.8) is 0 Å². The van der Waals surface area contributed by atoms with Crippen LogP contribution in [-0.2, 0) is 0 Å². The van der Waals surface area contributed by atoms with E-state index in [0.717, 1.165) is 12.8 Å². The van der Waals surface area contributed by atoms with Crippen LogP contribution >= 0.6 is 23.2 Å². The number of carbonyl (C=O) groups excluding carboxylic acids is 1. The normalized spacial score (nSPS) is 21.9. The number of benzene rings is 1. The van der Waals surface area contributed by atoms with Gasteiger partial charge in [0.15, 0.2) is 0 Å². The van der Waals surface area contributed by atoms with Crippen LogP contribution in [0.2, 0.25) is 10.0 Å². The summed E-state index contributed by atoms with van der Waals surface area (Å²) in [7, 11) is 4.20. The maximum atomic E-state index is 12.9. The van der Waals surface area contributed by atoms with Crippen LogP contribution in [0.5, 0.6) is 0 Å². The third kappa shape index (κ3) is 3.76. The highest BCUT2D eigenvalue weighted by atomic mass is 35.5. The van der Waals surface area contributed by atoms with E-state index in [0.29, 0.717) is 28.2 Å². The number of rotatable bonds is 4. The lowest BCUT2D eigenvalue weighted by Gasteiger charge is -2.42. The van der Waals surface area contributed by atoms with E-state index in [1.807, 2.05) is 11.8 Å². The predicted octanol–water partition coefficient (Wildman–Crippen LogP) is 4.33. The van der Waals surface area contributed by atoms with E-state index in [-0.39, 0.29) is 11.9 Å². The van der Waals surface area contributed by atoms with Gasteiger partial charge in [0.05, 0.1) is 10.0 Å². The Hall–Kier alpha value is -0.770. The molecule has 2 rings (SSSR count). The summed E-state index contributed by atoms with van der Waals surface area (Å²) < 4.78 is 0. The maximum Gasteiger partial charge on any atom is 0.254 e. The van der Waals surface area contributed by atoms with E-state index < -0.39 is 0 Å². The Kier molecular flexibility index (Phi) is 6.13. The zero-order chi connectivity index (χ0) is 16.3. The molecule has 1 aliphatic carbocycles. The average Bonchev–Trinajstić information content (AvgIpc) is 2.51. The molecule has 22 heavy (non-hydrogen) atoms. The third-order valence-corrected chi connectivity index (χ3v) is 5.26. The van der Waals surface area contributed by atoms with Crippen LogP contribution in [0.4, 0.5) is 0 Å². The summed E-state index contributed by atoms with van der Waals surface area (Å²) in [5.41, 5.74) is 0.610. The Bertz CT molecular complexity index is 533. The van der Waals surface area contributed by atoms with Crippen molar-refractivity contribution in [3.8, 4) is 0 Å². The van der Waals surface area contributed by atoms with E-state index in [2.05, 4.69) is 19.0 Å². The first-order valence-corrected chi connectivity index (χ1v) is 8.63. The van der Waals surface area contributed by atoms with Gasteiger partial charge in [0.2, 0.25) is 0 Å². The highest BCUT2D eigenvalue weighted by Gasteiger charge is 2.33. The summed E-state index contributed by atoms with van der Waals surface area (Å²) in [4.78, 5) is 17.1. The number of carbonyl (C=O) groups is 1. The molecule has 0 aliphatic heterocycles. The first-order chi connectivity index (χ1) is 10.5. The summed E-state index contributed by atoms with van der Waals surface area (Å²) in [6.45, 7) is 2.74. The topological polar surface area (TPSA) is 23.6 Å². The minimum atomic E-state index is 0.0415. The molecule has 2 atom stereocenters. The van der Waals surface area contributed by atoms with Gasteiger partial charge in [0.1, 0.15) is 0 Å². The lowest BCUT2D eigenvalue weighted by atomic mass is 9.88. The molecule has 0 radical (unpaired) electrons. The highest BCUT2D eigenvalue weighted by Crippen LogP contribution is 2.28. The first-order valence-electron chi connectivity index (χ1n) is 7.88. The second-order valence-electron chi connectivity index (χ2n) is 6.10. The summed E-state index contributed by atoms with van der Waals surface area (Å²) in [6, 6.07) is 5.79. The van der Waals surface area contributed by atoms with E-state index >= 15 is 0 Å². The molecular formula is C17H24Cl2N2O. The molecule has 0 bridgehead atoms. The van der Waals surface area contributed by atoms with Gasteiger partial charge in [-0.15, -0.1) is 0 Å². The van der Waals surface area contributed by atoms with Crippen LogP contribution in [0.25, 0.3) is 0 Å². The second-order valence-corrected chi connectivity index (χ2v) is 6.92. The lowest BCUT2D eigenvalue weighted by Crippen LogP contribution is -2.53. The molecule has 0 unspecified atom stereocenters. The summed E-state index contributed by atoms with van der Waals surface area (Å²) in [5.74, 6) is 0.0415.